The smallest absolute Gasteiger partial charge is 0.257 e. The van der Waals surface area contributed by atoms with Crippen LogP contribution in [0.2, 0.25) is 0 Å². The van der Waals surface area contributed by atoms with E-state index in [0.717, 1.165) is 12.1 Å². The molecule has 1 fully saturated rings. The van der Waals surface area contributed by atoms with Crippen LogP contribution in [0.1, 0.15) is 16.1 Å². The third-order valence-electron chi connectivity index (χ3n) is 3.55. The zero-order valence-corrected chi connectivity index (χ0v) is 12.1. The fourth-order valence-electron chi connectivity index (χ4n) is 2.51. The van der Waals surface area contributed by atoms with Crippen LogP contribution < -0.4 is 0 Å². The lowest BCUT2D eigenvalue weighted by Gasteiger charge is -2.23. The highest BCUT2D eigenvalue weighted by Crippen LogP contribution is 2.14. The molecule has 3 heterocycles. The molecule has 0 bridgehead atoms. The molecule has 0 radical (unpaired) electrons. The van der Waals surface area contributed by atoms with Gasteiger partial charge in [-0.1, -0.05) is 0 Å². The first kappa shape index (κ1) is 14.5. The lowest BCUT2D eigenvalue weighted by molar-refractivity contribution is 0.0736. The second-order valence-electron chi connectivity index (χ2n) is 5.22. The van der Waals surface area contributed by atoms with Crippen molar-refractivity contribution in [3.63, 3.8) is 0 Å². The van der Waals surface area contributed by atoms with Crippen LogP contribution in [0.4, 0.5) is 0 Å². The van der Waals surface area contributed by atoms with Gasteiger partial charge in [-0.2, -0.15) is 0 Å². The van der Waals surface area contributed by atoms with Gasteiger partial charge in [-0.15, -0.1) is 0 Å². The average molecular weight is 299 g/mol. The summed E-state index contributed by atoms with van der Waals surface area (Å²) in [6, 6.07) is 0. The molecule has 2 aromatic heterocycles. The van der Waals surface area contributed by atoms with E-state index in [2.05, 4.69) is 19.9 Å². The van der Waals surface area contributed by atoms with Crippen molar-refractivity contribution in [2.24, 2.45) is 5.92 Å². The van der Waals surface area contributed by atoms with Gasteiger partial charge in [0.2, 0.25) is 0 Å². The molecular weight excluding hydrogens is 282 g/mol. The van der Waals surface area contributed by atoms with Crippen LogP contribution in [0.25, 0.3) is 0 Å². The van der Waals surface area contributed by atoms with Crippen molar-refractivity contribution in [2.45, 2.75) is 6.42 Å². The molecule has 1 saturated heterocycles. The van der Waals surface area contributed by atoms with E-state index in [1.165, 1.54) is 6.33 Å². The van der Waals surface area contributed by atoms with Crippen LogP contribution in [0.15, 0.2) is 37.3 Å². The lowest BCUT2D eigenvalue weighted by atomic mass is 10.0. The highest BCUT2D eigenvalue weighted by Gasteiger charge is 2.24. The maximum atomic E-state index is 12.5. The van der Waals surface area contributed by atoms with E-state index >= 15 is 0 Å². The van der Waals surface area contributed by atoms with Crippen molar-refractivity contribution in [3.05, 3.63) is 48.6 Å². The molecule has 22 heavy (non-hydrogen) atoms. The van der Waals surface area contributed by atoms with Gasteiger partial charge >= 0.3 is 0 Å². The summed E-state index contributed by atoms with van der Waals surface area (Å²) in [7, 11) is 0. The second-order valence-corrected chi connectivity index (χ2v) is 5.22. The zero-order valence-electron chi connectivity index (χ0n) is 12.1. The minimum Gasteiger partial charge on any atom is -0.379 e. The van der Waals surface area contributed by atoms with Gasteiger partial charge in [0.1, 0.15) is 6.33 Å². The van der Waals surface area contributed by atoms with Crippen molar-refractivity contribution >= 4 is 5.91 Å². The molecule has 3 rings (SSSR count). The summed E-state index contributed by atoms with van der Waals surface area (Å²) < 4.78 is 5.62. The summed E-state index contributed by atoms with van der Waals surface area (Å²) in [4.78, 5) is 30.5. The molecule has 0 aliphatic carbocycles. The molecule has 0 spiro atoms. The SMILES string of the molecule is O=C(c1cncnc1)N1CCOC[C@H](Cc2cnccn2)C1. The minimum atomic E-state index is -0.0600. The fraction of sp³-hybridized carbons (Fsp3) is 0.400. The molecule has 0 saturated carbocycles. The van der Waals surface area contributed by atoms with Gasteiger partial charge in [0, 0.05) is 50.0 Å². The molecule has 0 N–H and O–H groups in total. The van der Waals surface area contributed by atoms with Gasteiger partial charge in [0.15, 0.2) is 0 Å². The van der Waals surface area contributed by atoms with E-state index in [-0.39, 0.29) is 11.8 Å². The second kappa shape index (κ2) is 7.04. The predicted octanol–water partition coefficient (Wildman–Crippen LogP) is 0.598. The molecule has 2 aromatic rings. The van der Waals surface area contributed by atoms with E-state index in [0.29, 0.717) is 31.9 Å². The van der Waals surface area contributed by atoms with E-state index in [9.17, 15) is 4.79 Å². The largest absolute Gasteiger partial charge is 0.379 e. The van der Waals surface area contributed by atoms with Crippen molar-refractivity contribution in [1.82, 2.24) is 24.8 Å². The van der Waals surface area contributed by atoms with Gasteiger partial charge in [-0.25, -0.2) is 9.97 Å². The number of hydrogen-bond donors (Lipinski definition) is 0. The summed E-state index contributed by atoms with van der Waals surface area (Å²) >= 11 is 0. The zero-order chi connectivity index (χ0) is 15.2. The number of carbonyl (C=O) groups is 1. The molecule has 7 nitrogen and oxygen atoms in total. The average Bonchev–Trinajstić information content (AvgIpc) is 2.81. The van der Waals surface area contributed by atoms with E-state index < -0.39 is 0 Å². The molecule has 0 unspecified atom stereocenters. The third kappa shape index (κ3) is 3.62. The van der Waals surface area contributed by atoms with Gasteiger partial charge in [-0.3, -0.25) is 14.8 Å². The molecular formula is C15H17N5O2. The number of nitrogens with zero attached hydrogens (tertiary/aromatic N) is 5. The maximum Gasteiger partial charge on any atom is 0.257 e. The van der Waals surface area contributed by atoms with Crippen molar-refractivity contribution in [1.29, 1.82) is 0 Å². The van der Waals surface area contributed by atoms with Crippen molar-refractivity contribution < 1.29 is 9.53 Å². The number of rotatable bonds is 3. The lowest BCUT2D eigenvalue weighted by Crippen LogP contribution is -2.36. The molecule has 0 aromatic carbocycles. The van der Waals surface area contributed by atoms with Crippen LogP contribution in [0, 0.1) is 5.92 Å². The number of ether oxygens (including phenoxy) is 1. The third-order valence-corrected chi connectivity index (χ3v) is 3.55. The first-order valence-corrected chi connectivity index (χ1v) is 7.20. The minimum absolute atomic E-state index is 0.0600. The van der Waals surface area contributed by atoms with E-state index in [4.69, 9.17) is 4.74 Å². The Labute approximate surface area is 128 Å². The monoisotopic (exact) mass is 299 g/mol. The Morgan fingerprint density at radius 3 is 2.86 bits per heavy atom. The first-order chi connectivity index (χ1) is 10.8. The Balaban J connectivity index is 1.69. The van der Waals surface area contributed by atoms with Gasteiger partial charge in [-0.05, 0) is 6.42 Å². The normalized spacial score (nSPS) is 18.7. The number of carbonyl (C=O) groups excluding carboxylic acids is 1. The summed E-state index contributed by atoms with van der Waals surface area (Å²) in [5.74, 6) is 0.142. The van der Waals surface area contributed by atoms with Gasteiger partial charge < -0.3 is 9.64 Å². The molecule has 114 valence electrons. The summed E-state index contributed by atoms with van der Waals surface area (Å²) in [5, 5.41) is 0. The maximum absolute atomic E-state index is 12.5. The molecule has 1 aliphatic rings. The Hall–Kier alpha value is -2.41. The van der Waals surface area contributed by atoms with E-state index in [1.54, 1.807) is 35.9 Å². The standard InChI is InChI=1S/C15H17N5O2/c21-15(13-6-17-11-18-7-13)20-3-4-22-10-12(9-20)5-14-8-16-1-2-19-14/h1-2,6-8,11-12H,3-5,9-10H2/t12-/m1/s1. The molecule has 1 amide bonds. The first-order valence-electron chi connectivity index (χ1n) is 7.20. The van der Waals surface area contributed by atoms with Gasteiger partial charge in [0.05, 0.1) is 24.5 Å². The fourth-order valence-corrected chi connectivity index (χ4v) is 2.51. The highest BCUT2D eigenvalue weighted by molar-refractivity contribution is 5.93. The highest BCUT2D eigenvalue weighted by atomic mass is 16.5. The van der Waals surface area contributed by atoms with Crippen LogP contribution >= 0.6 is 0 Å². The van der Waals surface area contributed by atoms with Crippen molar-refractivity contribution in [3.8, 4) is 0 Å². The Kier molecular flexibility index (Phi) is 4.65. The van der Waals surface area contributed by atoms with Crippen molar-refractivity contribution in [2.75, 3.05) is 26.3 Å². The van der Waals surface area contributed by atoms with Crippen LogP contribution in [-0.4, -0.2) is 57.0 Å². The molecule has 1 atom stereocenters. The number of amides is 1. The van der Waals surface area contributed by atoms with E-state index in [1.807, 2.05) is 0 Å². The number of hydrogen-bond acceptors (Lipinski definition) is 6. The Bertz CT molecular complexity index is 608. The summed E-state index contributed by atoms with van der Waals surface area (Å²) in [5.41, 5.74) is 1.41. The quantitative estimate of drug-likeness (QED) is 0.825. The van der Waals surface area contributed by atoms with Gasteiger partial charge in [0.25, 0.3) is 5.91 Å². The Morgan fingerprint density at radius 2 is 2.09 bits per heavy atom. The van der Waals surface area contributed by atoms with Crippen LogP contribution in [0.3, 0.4) is 0 Å². The van der Waals surface area contributed by atoms with Crippen LogP contribution in [0.5, 0.6) is 0 Å². The number of aromatic nitrogens is 4. The molecule has 7 heteroatoms. The predicted molar refractivity (Wildman–Crippen MR) is 78.0 cm³/mol. The molecule has 1 aliphatic heterocycles. The van der Waals surface area contributed by atoms with Crippen LogP contribution in [-0.2, 0) is 11.2 Å². The Morgan fingerprint density at radius 1 is 1.23 bits per heavy atom. The summed E-state index contributed by atoms with van der Waals surface area (Å²) in [6.07, 6.45) is 10.3. The topological polar surface area (TPSA) is 81.1 Å². The summed E-state index contributed by atoms with van der Waals surface area (Å²) in [6.45, 7) is 2.36.